The number of hydrogen-bond acceptors (Lipinski definition) is 4. The summed E-state index contributed by atoms with van der Waals surface area (Å²) in [6, 6.07) is 0. The van der Waals surface area contributed by atoms with Crippen LogP contribution in [0.25, 0.3) is 0 Å². The highest BCUT2D eigenvalue weighted by Crippen LogP contribution is 2.29. The molecule has 0 saturated carbocycles. The molecule has 0 atom stereocenters. The number of rotatable bonds is 5. The Morgan fingerprint density at radius 1 is 1.55 bits per heavy atom. The second kappa shape index (κ2) is 7.46. The Morgan fingerprint density at radius 2 is 2.27 bits per heavy atom. The highest BCUT2D eigenvalue weighted by molar-refractivity contribution is 5.95. The first-order valence-electron chi connectivity index (χ1n) is 7.24. The van der Waals surface area contributed by atoms with Crippen molar-refractivity contribution in [1.29, 1.82) is 0 Å². The number of amides is 2. The minimum absolute atomic E-state index is 0.0640. The van der Waals surface area contributed by atoms with Gasteiger partial charge in [-0.1, -0.05) is 11.7 Å². The minimum Gasteiger partial charge on any atom is -0.364 e. The van der Waals surface area contributed by atoms with E-state index in [1.165, 1.54) is 12.3 Å². The van der Waals surface area contributed by atoms with E-state index in [1.807, 2.05) is 0 Å². The predicted molar refractivity (Wildman–Crippen MR) is 81.0 cm³/mol. The molecule has 0 spiro atoms. The molecule has 1 N–H and O–H groups in total. The molecule has 0 bridgehead atoms. The molecule has 0 aliphatic carbocycles. The summed E-state index contributed by atoms with van der Waals surface area (Å²) in [5.41, 5.74) is 1.11. The summed E-state index contributed by atoms with van der Waals surface area (Å²) >= 11 is 0. The summed E-state index contributed by atoms with van der Waals surface area (Å²) in [6.45, 7) is 5.17. The van der Waals surface area contributed by atoms with Crippen molar-refractivity contribution in [2.45, 2.75) is 25.2 Å². The van der Waals surface area contributed by atoms with Gasteiger partial charge in [0.25, 0.3) is 5.91 Å². The van der Waals surface area contributed by atoms with Crippen LogP contribution in [0.3, 0.4) is 0 Å². The molecule has 0 radical (unpaired) electrons. The Labute approximate surface area is 129 Å². The van der Waals surface area contributed by atoms with Gasteiger partial charge in [-0.05, 0) is 18.9 Å². The van der Waals surface area contributed by atoms with Crippen LogP contribution < -0.4 is 5.32 Å². The van der Waals surface area contributed by atoms with Gasteiger partial charge in [0.15, 0.2) is 0 Å². The number of piperidine rings is 1. The van der Waals surface area contributed by atoms with Crippen molar-refractivity contribution in [2.75, 3.05) is 19.6 Å². The third-order valence-corrected chi connectivity index (χ3v) is 3.77. The van der Waals surface area contributed by atoms with E-state index in [1.54, 1.807) is 4.90 Å². The van der Waals surface area contributed by atoms with Gasteiger partial charge in [0.05, 0.1) is 5.69 Å². The molecule has 6 nitrogen and oxygen atoms in total. The molecule has 22 heavy (non-hydrogen) atoms. The lowest BCUT2D eigenvalue weighted by Crippen LogP contribution is -2.37. The molecule has 1 aliphatic heterocycles. The average molecular weight is 301 g/mol. The summed E-state index contributed by atoms with van der Waals surface area (Å²) in [4.78, 5) is 25.4. The molecule has 1 aliphatic rings. The maximum Gasteiger partial charge on any atom is 0.256 e. The number of carbonyl (C=O) groups excluding carboxylic acids is 2. The Hall–Kier alpha value is -2.55. The lowest BCUT2D eigenvalue weighted by molar-refractivity contribution is -0.127. The van der Waals surface area contributed by atoms with E-state index in [0.29, 0.717) is 37.3 Å². The number of aromatic nitrogens is 1. The van der Waals surface area contributed by atoms with Gasteiger partial charge >= 0.3 is 0 Å². The van der Waals surface area contributed by atoms with Gasteiger partial charge in [0, 0.05) is 32.0 Å². The van der Waals surface area contributed by atoms with Gasteiger partial charge < -0.3 is 14.7 Å². The summed E-state index contributed by atoms with van der Waals surface area (Å²) < 4.78 is 4.97. The van der Waals surface area contributed by atoms with Crippen LogP contribution in [0.2, 0.25) is 0 Å². The van der Waals surface area contributed by atoms with Gasteiger partial charge in [-0.2, -0.15) is 0 Å². The number of hydrogen-bond donors (Lipinski definition) is 1. The molecule has 2 rings (SSSR count). The fourth-order valence-corrected chi connectivity index (χ4v) is 2.56. The van der Waals surface area contributed by atoms with Crippen molar-refractivity contribution in [2.24, 2.45) is 0 Å². The van der Waals surface area contributed by atoms with E-state index in [9.17, 15) is 9.59 Å². The van der Waals surface area contributed by atoms with Crippen LogP contribution in [0.4, 0.5) is 0 Å². The summed E-state index contributed by atoms with van der Waals surface area (Å²) in [5, 5.41) is 6.72. The predicted octanol–water partition coefficient (Wildman–Crippen LogP) is 1.32. The van der Waals surface area contributed by atoms with Crippen molar-refractivity contribution in [3.05, 3.63) is 30.2 Å². The lowest BCUT2D eigenvalue weighted by atomic mass is 9.91. The molecule has 1 aromatic rings. The van der Waals surface area contributed by atoms with Gasteiger partial charge in [-0.15, -0.1) is 12.3 Å². The van der Waals surface area contributed by atoms with Crippen molar-refractivity contribution >= 4 is 11.8 Å². The van der Waals surface area contributed by atoms with Crippen LogP contribution in [-0.4, -0.2) is 41.5 Å². The molecular formula is C16H19N3O3. The molecule has 6 heteroatoms. The van der Waals surface area contributed by atoms with Crippen molar-refractivity contribution < 1.29 is 14.1 Å². The monoisotopic (exact) mass is 301 g/mol. The number of carbonyl (C=O) groups is 2. The first kappa shape index (κ1) is 15.8. The Kier molecular flexibility index (Phi) is 5.37. The van der Waals surface area contributed by atoms with Crippen molar-refractivity contribution in [3.8, 4) is 12.3 Å². The van der Waals surface area contributed by atoms with Crippen LogP contribution >= 0.6 is 0 Å². The third kappa shape index (κ3) is 3.55. The van der Waals surface area contributed by atoms with Crippen LogP contribution in [0.15, 0.2) is 23.4 Å². The number of nitrogens with one attached hydrogen (secondary N) is 1. The normalized spacial score (nSPS) is 15.1. The lowest BCUT2D eigenvalue weighted by Gasteiger charge is -2.30. The first-order valence-corrected chi connectivity index (χ1v) is 7.24. The fourth-order valence-electron chi connectivity index (χ4n) is 2.56. The fraction of sp³-hybridized carbons (Fsp3) is 0.438. The van der Waals surface area contributed by atoms with Crippen molar-refractivity contribution in [1.82, 2.24) is 15.4 Å². The van der Waals surface area contributed by atoms with Crippen LogP contribution in [0.1, 0.15) is 41.2 Å². The standard InChI is InChI=1S/C16H19N3O3/c1-3-5-8-17-16(21)13-11-22-18-15(13)12-6-9-19(10-7-12)14(20)4-2/h1,4,11-12H,2,5-10H2,(H,17,21). The second-order valence-electron chi connectivity index (χ2n) is 5.13. The second-order valence-corrected chi connectivity index (χ2v) is 5.13. The van der Waals surface area contributed by atoms with Crippen LogP contribution in [-0.2, 0) is 4.79 Å². The van der Waals surface area contributed by atoms with Crippen LogP contribution in [0, 0.1) is 12.3 Å². The Bertz CT molecular complexity index is 592. The van der Waals surface area contributed by atoms with Gasteiger partial charge in [0.2, 0.25) is 5.91 Å². The number of nitrogens with zero attached hydrogens (tertiary/aromatic N) is 2. The highest BCUT2D eigenvalue weighted by Gasteiger charge is 2.28. The van der Waals surface area contributed by atoms with E-state index in [2.05, 4.69) is 23.0 Å². The highest BCUT2D eigenvalue weighted by atomic mass is 16.5. The maximum absolute atomic E-state index is 12.1. The van der Waals surface area contributed by atoms with E-state index in [-0.39, 0.29) is 17.7 Å². The number of likely N-dealkylation sites (tertiary alicyclic amines) is 1. The zero-order chi connectivity index (χ0) is 15.9. The first-order chi connectivity index (χ1) is 10.7. The maximum atomic E-state index is 12.1. The quantitative estimate of drug-likeness (QED) is 0.505. The Balaban J connectivity index is 1.98. The zero-order valence-corrected chi connectivity index (χ0v) is 12.4. The largest absolute Gasteiger partial charge is 0.364 e. The van der Waals surface area contributed by atoms with Gasteiger partial charge in [0.1, 0.15) is 11.8 Å². The Morgan fingerprint density at radius 3 is 2.91 bits per heavy atom. The molecule has 116 valence electrons. The molecule has 0 aromatic carbocycles. The topological polar surface area (TPSA) is 75.4 Å². The summed E-state index contributed by atoms with van der Waals surface area (Å²) in [7, 11) is 0. The number of terminal acetylenes is 1. The summed E-state index contributed by atoms with van der Waals surface area (Å²) in [6.07, 6.45) is 9.81. The van der Waals surface area contributed by atoms with Crippen LogP contribution in [0.5, 0.6) is 0 Å². The molecule has 1 aromatic heterocycles. The molecule has 2 heterocycles. The molecule has 1 saturated heterocycles. The van der Waals surface area contributed by atoms with E-state index >= 15 is 0 Å². The molecular weight excluding hydrogens is 282 g/mol. The van der Waals surface area contributed by atoms with E-state index in [0.717, 1.165) is 12.8 Å². The zero-order valence-electron chi connectivity index (χ0n) is 12.4. The SMILES string of the molecule is C#CCCNC(=O)c1conc1C1CCN(C(=O)C=C)CC1. The molecule has 1 fully saturated rings. The minimum atomic E-state index is -0.226. The van der Waals surface area contributed by atoms with Gasteiger partial charge in [-0.3, -0.25) is 9.59 Å². The molecule has 2 amide bonds. The van der Waals surface area contributed by atoms with Crippen molar-refractivity contribution in [3.63, 3.8) is 0 Å². The third-order valence-electron chi connectivity index (χ3n) is 3.77. The van der Waals surface area contributed by atoms with Gasteiger partial charge in [-0.25, -0.2) is 0 Å². The smallest absolute Gasteiger partial charge is 0.256 e. The molecule has 0 unspecified atom stereocenters. The van der Waals surface area contributed by atoms with E-state index < -0.39 is 0 Å². The summed E-state index contributed by atoms with van der Waals surface area (Å²) in [5.74, 6) is 2.29. The average Bonchev–Trinajstić information content (AvgIpc) is 3.04. The van der Waals surface area contributed by atoms with E-state index in [4.69, 9.17) is 10.9 Å².